The number of aliphatic carboxylic acids is 1. The predicted octanol–water partition coefficient (Wildman–Crippen LogP) is 3.00. The molecule has 0 bridgehead atoms. The van der Waals surface area contributed by atoms with E-state index in [1.54, 1.807) is 30.3 Å². The number of nitrogens with one attached hydrogen (secondary N) is 1. The highest BCUT2D eigenvalue weighted by Crippen LogP contribution is 2.45. The summed E-state index contributed by atoms with van der Waals surface area (Å²) >= 11 is 0. The summed E-state index contributed by atoms with van der Waals surface area (Å²) in [6, 6.07) is 9.72. The van der Waals surface area contributed by atoms with E-state index in [4.69, 9.17) is 9.52 Å². The lowest BCUT2D eigenvalue weighted by Gasteiger charge is -2.10. The zero-order valence-corrected chi connectivity index (χ0v) is 13.0. The second kappa shape index (κ2) is 6.47. The summed E-state index contributed by atoms with van der Waals surface area (Å²) in [5, 5.41) is 11.7. The summed E-state index contributed by atoms with van der Waals surface area (Å²) in [6.45, 7) is 0.166. The summed E-state index contributed by atoms with van der Waals surface area (Å²) in [4.78, 5) is 22.9. The first-order chi connectivity index (χ1) is 11.5. The van der Waals surface area contributed by atoms with E-state index >= 15 is 0 Å². The van der Waals surface area contributed by atoms with Crippen LogP contribution in [0.1, 0.15) is 25.0 Å². The SMILES string of the molecule is O=C(CCc1ccc(-c2ccccc2F)o1)NCC1(C(=O)O)CC1. The third-order valence-electron chi connectivity index (χ3n) is 4.33. The Bertz CT molecular complexity index is 764. The molecule has 1 fully saturated rings. The van der Waals surface area contributed by atoms with Gasteiger partial charge in [0, 0.05) is 19.4 Å². The van der Waals surface area contributed by atoms with Crippen molar-refractivity contribution in [3.05, 3.63) is 48.0 Å². The molecule has 1 amide bonds. The zero-order valence-electron chi connectivity index (χ0n) is 13.0. The van der Waals surface area contributed by atoms with Crippen LogP contribution in [0.15, 0.2) is 40.8 Å². The monoisotopic (exact) mass is 331 g/mol. The largest absolute Gasteiger partial charge is 0.481 e. The molecule has 1 aliphatic rings. The topological polar surface area (TPSA) is 79.5 Å². The molecule has 0 radical (unpaired) electrons. The minimum absolute atomic E-state index is 0.166. The maximum absolute atomic E-state index is 13.7. The summed E-state index contributed by atoms with van der Waals surface area (Å²) in [6.07, 6.45) is 1.78. The molecule has 24 heavy (non-hydrogen) atoms. The van der Waals surface area contributed by atoms with Crippen molar-refractivity contribution < 1.29 is 23.5 Å². The molecule has 2 aromatic rings. The maximum Gasteiger partial charge on any atom is 0.311 e. The third kappa shape index (κ3) is 3.48. The number of furan rings is 1. The molecule has 126 valence electrons. The van der Waals surface area contributed by atoms with Crippen molar-refractivity contribution in [2.45, 2.75) is 25.7 Å². The van der Waals surface area contributed by atoms with Gasteiger partial charge < -0.3 is 14.8 Å². The molecule has 1 aliphatic carbocycles. The fourth-order valence-electron chi connectivity index (χ4n) is 2.53. The molecule has 0 aliphatic heterocycles. The van der Waals surface area contributed by atoms with Gasteiger partial charge in [-0.25, -0.2) is 4.39 Å². The van der Waals surface area contributed by atoms with E-state index in [2.05, 4.69) is 5.32 Å². The number of amides is 1. The lowest BCUT2D eigenvalue weighted by molar-refractivity contribution is -0.143. The van der Waals surface area contributed by atoms with Gasteiger partial charge in [-0.15, -0.1) is 0 Å². The van der Waals surface area contributed by atoms with E-state index in [-0.39, 0.29) is 24.7 Å². The van der Waals surface area contributed by atoms with Crippen LogP contribution in [0.3, 0.4) is 0 Å². The normalized spacial score (nSPS) is 15.0. The van der Waals surface area contributed by atoms with Crippen LogP contribution in [0.2, 0.25) is 0 Å². The average Bonchev–Trinajstić information content (AvgIpc) is 3.23. The highest BCUT2D eigenvalue weighted by molar-refractivity contribution is 5.81. The molecule has 1 aromatic heterocycles. The number of aryl methyl sites for hydroxylation is 1. The Hall–Kier alpha value is -2.63. The lowest BCUT2D eigenvalue weighted by Crippen LogP contribution is -2.34. The van der Waals surface area contributed by atoms with Crippen molar-refractivity contribution in [1.29, 1.82) is 0 Å². The minimum atomic E-state index is -0.858. The summed E-state index contributed by atoms with van der Waals surface area (Å²) in [5.41, 5.74) is -0.386. The Morgan fingerprint density at radius 1 is 1.21 bits per heavy atom. The van der Waals surface area contributed by atoms with Crippen LogP contribution in [0, 0.1) is 11.2 Å². The van der Waals surface area contributed by atoms with Crippen LogP contribution in [0.4, 0.5) is 4.39 Å². The number of rotatable bonds is 7. The molecule has 0 unspecified atom stereocenters. The van der Waals surface area contributed by atoms with Gasteiger partial charge in [0.2, 0.25) is 5.91 Å². The Balaban J connectivity index is 1.51. The summed E-state index contributed by atoms with van der Waals surface area (Å²) in [5.74, 6) is -0.427. The Labute approximate surface area is 138 Å². The summed E-state index contributed by atoms with van der Waals surface area (Å²) in [7, 11) is 0. The quantitative estimate of drug-likeness (QED) is 0.817. The molecular formula is C18H18FNO4. The van der Waals surface area contributed by atoms with Gasteiger partial charge in [0.1, 0.15) is 17.3 Å². The second-order valence-electron chi connectivity index (χ2n) is 6.11. The summed E-state index contributed by atoms with van der Waals surface area (Å²) < 4.78 is 19.3. The van der Waals surface area contributed by atoms with Crippen molar-refractivity contribution in [2.75, 3.05) is 6.54 Å². The highest BCUT2D eigenvalue weighted by Gasteiger charge is 2.50. The molecule has 0 atom stereocenters. The standard InChI is InChI=1S/C18H18FNO4/c19-14-4-2-1-3-13(14)15-7-5-12(24-15)6-8-16(21)20-11-18(9-10-18)17(22)23/h1-5,7H,6,8-11H2,(H,20,21)(H,22,23). The zero-order chi connectivity index (χ0) is 17.2. The molecule has 0 spiro atoms. The molecule has 1 heterocycles. The number of halogens is 1. The van der Waals surface area contributed by atoms with E-state index in [1.807, 2.05) is 0 Å². The fourth-order valence-corrected chi connectivity index (χ4v) is 2.53. The van der Waals surface area contributed by atoms with Crippen LogP contribution in [-0.2, 0) is 16.0 Å². The molecule has 0 saturated heterocycles. The Morgan fingerprint density at radius 3 is 2.62 bits per heavy atom. The van der Waals surface area contributed by atoms with Gasteiger partial charge in [0.05, 0.1) is 11.0 Å². The van der Waals surface area contributed by atoms with Crippen molar-refractivity contribution in [3.63, 3.8) is 0 Å². The van der Waals surface area contributed by atoms with E-state index < -0.39 is 11.4 Å². The molecule has 6 heteroatoms. The van der Waals surface area contributed by atoms with Crippen molar-refractivity contribution in [1.82, 2.24) is 5.32 Å². The first kappa shape index (κ1) is 16.2. The average molecular weight is 331 g/mol. The van der Waals surface area contributed by atoms with Crippen molar-refractivity contribution in [3.8, 4) is 11.3 Å². The molecular weight excluding hydrogens is 313 g/mol. The third-order valence-corrected chi connectivity index (χ3v) is 4.33. The van der Waals surface area contributed by atoms with E-state index in [9.17, 15) is 14.0 Å². The van der Waals surface area contributed by atoms with Crippen LogP contribution in [0.5, 0.6) is 0 Å². The smallest absolute Gasteiger partial charge is 0.311 e. The van der Waals surface area contributed by atoms with Crippen LogP contribution in [0.25, 0.3) is 11.3 Å². The first-order valence-corrected chi connectivity index (χ1v) is 7.84. The Kier molecular flexibility index (Phi) is 4.38. The van der Waals surface area contributed by atoms with Gasteiger partial charge >= 0.3 is 5.97 Å². The molecule has 1 saturated carbocycles. The van der Waals surface area contributed by atoms with E-state index in [1.165, 1.54) is 6.07 Å². The van der Waals surface area contributed by atoms with E-state index in [0.717, 1.165) is 0 Å². The predicted molar refractivity (Wildman–Crippen MR) is 84.7 cm³/mol. The number of carbonyl (C=O) groups excluding carboxylic acids is 1. The molecule has 5 nitrogen and oxygen atoms in total. The minimum Gasteiger partial charge on any atom is -0.481 e. The number of benzene rings is 1. The number of hydrogen-bond acceptors (Lipinski definition) is 3. The van der Waals surface area contributed by atoms with Crippen LogP contribution >= 0.6 is 0 Å². The highest BCUT2D eigenvalue weighted by atomic mass is 19.1. The fraction of sp³-hybridized carbons (Fsp3) is 0.333. The van der Waals surface area contributed by atoms with Crippen molar-refractivity contribution >= 4 is 11.9 Å². The number of carbonyl (C=O) groups is 2. The maximum atomic E-state index is 13.7. The number of carboxylic acid groups (broad SMARTS) is 1. The van der Waals surface area contributed by atoms with Crippen LogP contribution < -0.4 is 5.32 Å². The number of hydrogen-bond donors (Lipinski definition) is 2. The second-order valence-corrected chi connectivity index (χ2v) is 6.11. The lowest BCUT2D eigenvalue weighted by atomic mass is 10.1. The van der Waals surface area contributed by atoms with E-state index in [0.29, 0.717) is 36.3 Å². The molecule has 2 N–H and O–H groups in total. The molecule has 3 rings (SSSR count). The number of carboxylic acids is 1. The first-order valence-electron chi connectivity index (χ1n) is 7.84. The van der Waals surface area contributed by atoms with Crippen LogP contribution in [-0.4, -0.2) is 23.5 Å². The molecule has 1 aromatic carbocycles. The van der Waals surface area contributed by atoms with Gasteiger partial charge in [-0.2, -0.15) is 0 Å². The van der Waals surface area contributed by atoms with Gasteiger partial charge in [0.25, 0.3) is 0 Å². The van der Waals surface area contributed by atoms with Gasteiger partial charge in [-0.1, -0.05) is 12.1 Å². The van der Waals surface area contributed by atoms with Gasteiger partial charge in [0.15, 0.2) is 0 Å². The van der Waals surface area contributed by atoms with Crippen molar-refractivity contribution in [2.24, 2.45) is 5.41 Å². The Morgan fingerprint density at radius 2 is 1.96 bits per heavy atom. The van der Waals surface area contributed by atoms with Gasteiger partial charge in [-0.3, -0.25) is 9.59 Å². The van der Waals surface area contributed by atoms with Gasteiger partial charge in [-0.05, 0) is 37.1 Å².